The van der Waals surface area contributed by atoms with E-state index in [1.54, 1.807) is 6.07 Å². The molecule has 1 heterocycles. The molecule has 0 unspecified atom stereocenters. The van der Waals surface area contributed by atoms with Crippen molar-refractivity contribution in [3.8, 4) is 5.75 Å². The average molecular weight is 179 g/mol. The number of nitrogens with one attached hydrogen (secondary N) is 1. The monoisotopic (exact) mass is 179 g/mol. The minimum Gasteiger partial charge on any atom is -0.407 e. The molecule has 0 saturated heterocycles. The summed E-state index contributed by atoms with van der Waals surface area (Å²) in [5.74, 6) is 0.630. The Morgan fingerprint density at radius 1 is 1.33 bits per heavy atom. The summed E-state index contributed by atoms with van der Waals surface area (Å²) in [6.45, 7) is 0. The molecule has 1 N–H and O–H groups in total. The molecule has 0 atom stereocenters. The first kappa shape index (κ1) is 7.32. The number of hydrogen-bond acceptors (Lipinski definition) is 2. The van der Waals surface area contributed by atoms with Crippen molar-refractivity contribution in [3.05, 3.63) is 30.5 Å². The normalized spacial score (nSPS) is 10.7. The zero-order valence-electron chi connectivity index (χ0n) is 6.15. The molecule has 2 aromatic rings. The average Bonchev–Trinajstić information content (AvgIpc) is 2.53. The molecule has 3 nitrogen and oxygen atoms in total. The van der Waals surface area contributed by atoms with E-state index in [0.717, 1.165) is 10.9 Å². The second-order valence-corrected chi connectivity index (χ2v) is 2.69. The minimum absolute atomic E-state index is 0.322. The minimum atomic E-state index is -0.322. The van der Waals surface area contributed by atoms with Crippen LogP contribution >= 0.6 is 8.69 Å². The largest absolute Gasteiger partial charge is 0.407 e. The van der Waals surface area contributed by atoms with Gasteiger partial charge in [0.2, 0.25) is 0 Å². The number of hydrogen-bond donors (Lipinski definition) is 1. The van der Waals surface area contributed by atoms with E-state index in [4.69, 9.17) is 4.52 Å². The van der Waals surface area contributed by atoms with Crippen molar-refractivity contribution in [2.75, 3.05) is 0 Å². The molecule has 0 saturated carbocycles. The summed E-state index contributed by atoms with van der Waals surface area (Å²) >= 11 is 0. The fourth-order valence-electron chi connectivity index (χ4n) is 1.18. The molecule has 0 amide bonds. The number of rotatable bonds is 2. The zero-order valence-corrected chi connectivity index (χ0v) is 7.04. The quantitative estimate of drug-likeness (QED) is 0.720. The third kappa shape index (κ3) is 1.08. The van der Waals surface area contributed by atoms with Gasteiger partial charge in [-0.15, -0.1) is 0 Å². The first-order valence-electron chi connectivity index (χ1n) is 3.47. The van der Waals surface area contributed by atoms with Crippen molar-refractivity contribution in [2.45, 2.75) is 0 Å². The number of H-pyrrole nitrogens is 1. The Hall–Kier alpha value is -1.34. The first-order valence-corrected chi connectivity index (χ1v) is 4.20. The lowest BCUT2D eigenvalue weighted by molar-refractivity contribution is 0.528. The topological polar surface area (TPSA) is 42.1 Å². The van der Waals surface area contributed by atoms with E-state index in [0.29, 0.717) is 5.75 Å². The Morgan fingerprint density at radius 3 is 3.08 bits per heavy atom. The Balaban J connectivity index is 2.65. The maximum Gasteiger partial charge on any atom is 0.395 e. The van der Waals surface area contributed by atoms with E-state index in [9.17, 15) is 4.57 Å². The van der Waals surface area contributed by atoms with Crippen LogP contribution in [-0.4, -0.2) is 4.98 Å². The van der Waals surface area contributed by atoms with Crippen LogP contribution in [0.25, 0.3) is 10.9 Å². The standard InChI is InChI=1S/C8H6NO2P/c10-12-11-8-3-1-2-7-6(8)4-5-9-7/h1-5,9H. The van der Waals surface area contributed by atoms with E-state index in [1.807, 2.05) is 24.4 Å². The summed E-state index contributed by atoms with van der Waals surface area (Å²) in [5, 5.41) is 0.945. The summed E-state index contributed by atoms with van der Waals surface area (Å²) in [5.41, 5.74) is 0.983. The smallest absolute Gasteiger partial charge is 0.395 e. The van der Waals surface area contributed by atoms with Crippen LogP contribution in [0.4, 0.5) is 0 Å². The summed E-state index contributed by atoms with van der Waals surface area (Å²) in [6.07, 6.45) is 1.82. The predicted octanol–water partition coefficient (Wildman–Crippen LogP) is 2.75. The Bertz CT molecular complexity index is 410. The van der Waals surface area contributed by atoms with E-state index >= 15 is 0 Å². The van der Waals surface area contributed by atoms with Crippen LogP contribution in [0.15, 0.2) is 30.5 Å². The van der Waals surface area contributed by atoms with Gasteiger partial charge in [0, 0.05) is 17.1 Å². The van der Waals surface area contributed by atoms with Crippen molar-refractivity contribution >= 4 is 19.6 Å². The lowest BCUT2D eigenvalue weighted by Gasteiger charge is -1.96. The second kappa shape index (κ2) is 2.95. The van der Waals surface area contributed by atoms with E-state index in [1.165, 1.54) is 0 Å². The molecule has 0 aliphatic carbocycles. The third-order valence-corrected chi connectivity index (χ3v) is 1.96. The van der Waals surface area contributed by atoms with Gasteiger partial charge in [0.25, 0.3) is 0 Å². The number of aromatic nitrogens is 1. The Kier molecular flexibility index (Phi) is 1.80. The summed E-state index contributed by atoms with van der Waals surface area (Å²) in [7, 11) is -0.322. The molecule has 60 valence electrons. The zero-order chi connectivity index (χ0) is 8.39. The van der Waals surface area contributed by atoms with Gasteiger partial charge in [-0.25, -0.2) is 4.57 Å². The second-order valence-electron chi connectivity index (χ2n) is 2.36. The lowest BCUT2D eigenvalue weighted by Crippen LogP contribution is -1.75. The van der Waals surface area contributed by atoms with Gasteiger partial charge >= 0.3 is 8.69 Å². The van der Waals surface area contributed by atoms with Crippen molar-refractivity contribution in [1.82, 2.24) is 4.98 Å². The van der Waals surface area contributed by atoms with Crippen molar-refractivity contribution < 1.29 is 9.09 Å². The van der Waals surface area contributed by atoms with Crippen LogP contribution < -0.4 is 4.52 Å². The highest BCUT2D eigenvalue weighted by atomic mass is 31.1. The molecule has 1 aromatic carbocycles. The van der Waals surface area contributed by atoms with Gasteiger partial charge in [0.1, 0.15) is 5.75 Å². The molecule has 12 heavy (non-hydrogen) atoms. The van der Waals surface area contributed by atoms with E-state index in [-0.39, 0.29) is 8.69 Å². The van der Waals surface area contributed by atoms with Crippen LogP contribution in [0.5, 0.6) is 5.75 Å². The molecule has 0 radical (unpaired) electrons. The van der Waals surface area contributed by atoms with Crippen molar-refractivity contribution in [2.24, 2.45) is 0 Å². The van der Waals surface area contributed by atoms with Gasteiger partial charge < -0.3 is 9.51 Å². The molecule has 0 bridgehead atoms. The molecule has 2 rings (SSSR count). The van der Waals surface area contributed by atoms with Gasteiger partial charge in [-0.2, -0.15) is 0 Å². The SMILES string of the molecule is O=POc1cccc2[nH]ccc12. The molecule has 4 heteroatoms. The predicted molar refractivity (Wildman–Crippen MR) is 46.5 cm³/mol. The van der Waals surface area contributed by atoms with Crippen LogP contribution in [0, 0.1) is 0 Å². The summed E-state index contributed by atoms with van der Waals surface area (Å²) in [4.78, 5) is 3.03. The fourth-order valence-corrected chi connectivity index (χ4v) is 1.42. The summed E-state index contributed by atoms with van der Waals surface area (Å²) in [6, 6.07) is 7.44. The van der Waals surface area contributed by atoms with E-state index in [2.05, 4.69) is 4.98 Å². The van der Waals surface area contributed by atoms with Crippen molar-refractivity contribution in [1.29, 1.82) is 0 Å². The first-order chi connectivity index (χ1) is 5.92. The highest BCUT2D eigenvalue weighted by Crippen LogP contribution is 2.26. The lowest BCUT2D eigenvalue weighted by atomic mass is 10.2. The van der Waals surface area contributed by atoms with Gasteiger partial charge in [-0.05, 0) is 18.2 Å². The van der Waals surface area contributed by atoms with Crippen molar-refractivity contribution in [3.63, 3.8) is 0 Å². The van der Waals surface area contributed by atoms with Gasteiger partial charge in [-0.1, -0.05) is 6.07 Å². The molecule has 0 spiro atoms. The van der Waals surface area contributed by atoms with Gasteiger partial charge in [-0.3, -0.25) is 0 Å². The van der Waals surface area contributed by atoms with Crippen LogP contribution in [0.2, 0.25) is 0 Å². The van der Waals surface area contributed by atoms with Crippen LogP contribution in [0.3, 0.4) is 0 Å². The highest BCUT2D eigenvalue weighted by Gasteiger charge is 2.01. The summed E-state index contributed by atoms with van der Waals surface area (Å²) < 4.78 is 15.1. The molecular formula is C8H6NO2P. The Labute approximate surface area is 70.6 Å². The van der Waals surface area contributed by atoms with E-state index < -0.39 is 0 Å². The number of fused-ring (bicyclic) bond motifs is 1. The van der Waals surface area contributed by atoms with Gasteiger partial charge in [0.15, 0.2) is 0 Å². The molecular weight excluding hydrogens is 173 g/mol. The highest BCUT2D eigenvalue weighted by molar-refractivity contribution is 7.17. The van der Waals surface area contributed by atoms with Gasteiger partial charge in [0.05, 0.1) is 0 Å². The maximum atomic E-state index is 10.2. The fraction of sp³-hybridized carbons (Fsp3) is 0. The third-order valence-electron chi connectivity index (χ3n) is 1.69. The molecule has 0 aliphatic rings. The number of benzene rings is 1. The Morgan fingerprint density at radius 2 is 2.25 bits per heavy atom. The molecule has 0 fully saturated rings. The number of aromatic amines is 1. The maximum absolute atomic E-state index is 10.2. The molecule has 0 aliphatic heterocycles. The van der Waals surface area contributed by atoms with Crippen LogP contribution in [-0.2, 0) is 4.57 Å². The van der Waals surface area contributed by atoms with Crippen LogP contribution in [0.1, 0.15) is 0 Å². The molecule has 1 aromatic heterocycles.